The van der Waals surface area contributed by atoms with Crippen molar-refractivity contribution in [3.8, 4) is 0 Å². The van der Waals surface area contributed by atoms with E-state index < -0.39 is 5.72 Å². The quantitative estimate of drug-likeness (QED) is 0.576. The molecule has 12 heavy (non-hydrogen) atoms. The average Bonchev–Trinajstić information content (AvgIpc) is 2.75. The number of fused-ring (bicyclic) bond motifs is 1. The summed E-state index contributed by atoms with van der Waals surface area (Å²) < 4.78 is 5.02. The molecule has 0 spiro atoms. The van der Waals surface area contributed by atoms with Gasteiger partial charge in [0.05, 0.1) is 0 Å². The van der Waals surface area contributed by atoms with Crippen molar-refractivity contribution in [1.82, 2.24) is 5.32 Å². The fraction of sp³-hybridized carbons (Fsp3) is 0.875. The van der Waals surface area contributed by atoms with Crippen LogP contribution in [0.2, 0.25) is 0 Å². The lowest BCUT2D eigenvalue weighted by Gasteiger charge is -2.23. The Hall–Kier alpha value is -0.610. The van der Waals surface area contributed by atoms with E-state index in [9.17, 15) is 9.90 Å². The van der Waals surface area contributed by atoms with Crippen LogP contribution in [0.4, 0.5) is 0 Å². The molecule has 2 fully saturated rings. The average molecular weight is 171 g/mol. The maximum atomic E-state index is 11.0. The molecule has 2 aliphatic rings. The molecular weight excluding hydrogens is 158 g/mol. The van der Waals surface area contributed by atoms with Gasteiger partial charge in [-0.2, -0.15) is 0 Å². The van der Waals surface area contributed by atoms with Crippen molar-refractivity contribution in [2.75, 3.05) is 0 Å². The predicted molar refractivity (Wildman–Crippen MR) is 41.3 cm³/mol. The van der Waals surface area contributed by atoms with Crippen molar-refractivity contribution in [2.45, 2.75) is 44.1 Å². The highest BCUT2D eigenvalue weighted by molar-refractivity contribution is 5.88. The first-order valence-electron chi connectivity index (χ1n) is 4.37. The van der Waals surface area contributed by atoms with Crippen LogP contribution in [0, 0.1) is 0 Å². The van der Waals surface area contributed by atoms with E-state index >= 15 is 0 Å². The van der Waals surface area contributed by atoms with Crippen molar-refractivity contribution in [3.05, 3.63) is 0 Å². The van der Waals surface area contributed by atoms with Crippen LogP contribution in [0.3, 0.4) is 0 Å². The second-order valence-electron chi connectivity index (χ2n) is 3.49. The molecule has 3 atom stereocenters. The zero-order chi connectivity index (χ0) is 8.77. The van der Waals surface area contributed by atoms with E-state index in [1.165, 1.54) is 0 Å². The Morgan fingerprint density at radius 3 is 2.92 bits per heavy atom. The summed E-state index contributed by atoms with van der Waals surface area (Å²) in [4.78, 5) is 11.0. The van der Waals surface area contributed by atoms with Crippen molar-refractivity contribution in [3.63, 3.8) is 0 Å². The molecule has 4 heteroatoms. The van der Waals surface area contributed by atoms with Gasteiger partial charge in [0, 0.05) is 0 Å². The lowest BCUT2D eigenvalue weighted by atomic mass is 10.0. The highest BCUT2D eigenvalue weighted by Gasteiger charge is 2.64. The van der Waals surface area contributed by atoms with Gasteiger partial charge in [-0.3, -0.25) is 4.79 Å². The Bertz CT molecular complexity index is 218. The molecule has 0 aliphatic carbocycles. The molecule has 0 aromatic carbocycles. The van der Waals surface area contributed by atoms with Gasteiger partial charge >= 0.3 is 0 Å². The minimum atomic E-state index is -1.07. The molecule has 2 rings (SSSR count). The molecule has 1 unspecified atom stereocenters. The molecule has 0 aromatic heterocycles. The number of hydrogen-bond donors (Lipinski definition) is 2. The molecule has 1 amide bonds. The van der Waals surface area contributed by atoms with Gasteiger partial charge in [0.2, 0.25) is 0 Å². The summed E-state index contributed by atoms with van der Waals surface area (Å²) in [5.74, 6) is -0.168. The molecule has 0 aromatic rings. The van der Waals surface area contributed by atoms with Crippen LogP contribution in [-0.4, -0.2) is 28.9 Å². The second-order valence-corrected chi connectivity index (χ2v) is 3.49. The fourth-order valence-corrected chi connectivity index (χ4v) is 1.68. The van der Waals surface area contributed by atoms with Gasteiger partial charge in [0.15, 0.2) is 11.8 Å². The number of amides is 1. The largest absolute Gasteiger partial charge is 0.368 e. The molecule has 2 heterocycles. The second kappa shape index (κ2) is 2.44. The van der Waals surface area contributed by atoms with Crippen LogP contribution in [-0.2, 0) is 9.53 Å². The van der Waals surface area contributed by atoms with E-state index in [0.717, 1.165) is 12.8 Å². The van der Waals surface area contributed by atoms with Gasteiger partial charge in [0.1, 0.15) is 6.10 Å². The number of epoxide rings is 1. The summed E-state index contributed by atoms with van der Waals surface area (Å²) in [7, 11) is 0. The van der Waals surface area contributed by atoms with E-state index in [1.54, 1.807) is 0 Å². The number of ether oxygens (including phenoxy) is 1. The third-order valence-electron chi connectivity index (χ3n) is 2.47. The molecule has 0 bridgehead atoms. The smallest absolute Gasteiger partial charge is 0.254 e. The van der Waals surface area contributed by atoms with Gasteiger partial charge in [-0.15, -0.1) is 0 Å². The summed E-state index contributed by atoms with van der Waals surface area (Å²) in [5.41, 5.74) is -1.07. The summed E-state index contributed by atoms with van der Waals surface area (Å²) in [6.07, 6.45) is 1.86. The molecule has 2 aliphatic heterocycles. The Morgan fingerprint density at radius 1 is 1.75 bits per heavy atom. The first kappa shape index (κ1) is 8.01. The fourth-order valence-electron chi connectivity index (χ4n) is 1.68. The summed E-state index contributed by atoms with van der Waals surface area (Å²) in [6, 6.07) is 0. The minimum Gasteiger partial charge on any atom is -0.368 e. The van der Waals surface area contributed by atoms with Crippen LogP contribution in [0.15, 0.2) is 0 Å². The van der Waals surface area contributed by atoms with Crippen LogP contribution >= 0.6 is 0 Å². The van der Waals surface area contributed by atoms with Crippen LogP contribution in [0.1, 0.15) is 26.2 Å². The third kappa shape index (κ3) is 1.03. The Balaban J connectivity index is 1.98. The molecule has 2 saturated heterocycles. The predicted octanol–water partition coefficient (Wildman–Crippen LogP) is -0.238. The summed E-state index contributed by atoms with van der Waals surface area (Å²) in [6.45, 7) is 2.05. The van der Waals surface area contributed by atoms with Crippen molar-refractivity contribution >= 4 is 5.91 Å². The normalized spacial score (nSPS) is 44.0. The minimum absolute atomic E-state index is 0.168. The van der Waals surface area contributed by atoms with Crippen LogP contribution < -0.4 is 5.32 Å². The van der Waals surface area contributed by atoms with Crippen LogP contribution in [0.25, 0.3) is 0 Å². The number of aliphatic hydroxyl groups is 1. The van der Waals surface area contributed by atoms with Gasteiger partial charge < -0.3 is 15.2 Å². The van der Waals surface area contributed by atoms with E-state index in [4.69, 9.17) is 4.74 Å². The Kier molecular flexibility index (Phi) is 1.63. The summed E-state index contributed by atoms with van der Waals surface area (Å²) in [5, 5.41) is 12.4. The monoisotopic (exact) mass is 171 g/mol. The number of carbonyl (C=O) groups excluding carboxylic acids is 1. The molecule has 0 radical (unpaired) electrons. The van der Waals surface area contributed by atoms with Gasteiger partial charge in [0.25, 0.3) is 5.91 Å². The number of nitrogens with one attached hydrogen (secondary N) is 1. The maximum absolute atomic E-state index is 11.0. The first-order valence-corrected chi connectivity index (χ1v) is 4.37. The van der Waals surface area contributed by atoms with E-state index in [0.29, 0.717) is 6.42 Å². The number of carbonyl (C=O) groups is 1. The first-order chi connectivity index (χ1) is 5.67. The highest BCUT2D eigenvalue weighted by Crippen LogP contribution is 2.39. The molecule has 2 N–H and O–H groups in total. The lowest BCUT2D eigenvalue weighted by Crippen LogP contribution is -2.47. The van der Waals surface area contributed by atoms with Crippen LogP contribution in [0.5, 0.6) is 0 Å². The topological polar surface area (TPSA) is 61.9 Å². The van der Waals surface area contributed by atoms with Crippen molar-refractivity contribution < 1.29 is 14.6 Å². The Labute approximate surface area is 70.9 Å². The van der Waals surface area contributed by atoms with E-state index in [1.807, 2.05) is 6.92 Å². The summed E-state index contributed by atoms with van der Waals surface area (Å²) >= 11 is 0. The highest BCUT2D eigenvalue weighted by atomic mass is 16.6. The van der Waals surface area contributed by atoms with Gasteiger partial charge in [-0.25, -0.2) is 0 Å². The Morgan fingerprint density at radius 2 is 2.50 bits per heavy atom. The maximum Gasteiger partial charge on any atom is 0.254 e. The number of unbranched alkanes of at least 4 members (excludes halogenated alkanes) is 1. The van der Waals surface area contributed by atoms with Crippen molar-refractivity contribution in [1.29, 1.82) is 0 Å². The standard InChI is InChI=1S/C8H13NO3/c1-2-3-4-8(11)6-5(12-6)7(10)9-8/h5-6,11H,2-4H2,1H3,(H,9,10)/t5-,6+,8?/m0/s1. The van der Waals surface area contributed by atoms with Gasteiger partial charge in [-0.05, 0) is 12.8 Å². The van der Waals surface area contributed by atoms with Crippen molar-refractivity contribution in [2.24, 2.45) is 0 Å². The molecule has 0 saturated carbocycles. The molecule has 4 nitrogen and oxygen atoms in total. The SMILES string of the molecule is CCCCC1(O)NC(=O)[C@H]2O[C@H]21. The van der Waals surface area contributed by atoms with E-state index in [2.05, 4.69) is 5.32 Å². The zero-order valence-corrected chi connectivity index (χ0v) is 7.04. The molecule has 68 valence electrons. The zero-order valence-electron chi connectivity index (χ0n) is 7.04. The third-order valence-corrected chi connectivity index (χ3v) is 2.47. The van der Waals surface area contributed by atoms with Gasteiger partial charge in [-0.1, -0.05) is 13.3 Å². The molecular formula is C8H13NO3. The lowest BCUT2D eigenvalue weighted by molar-refractivity contribution is -0.129. The van der Waals surface area contributed by atoms with E-state index in [-0.39, 0.29) is 18.1 Å². The number of rotatable bonds is 3. The number of morpholine rings is 1. The number of hydrogen-bond acceptors (Lipinski definition) is 3.